The molecule has 3 rings (SSSR count). The zero-order valence-corrected chi connectivity index (χ0v) is 10.6. The number of morpholine rings is 1. The Morgan fingerprint density at radius 3 is 2.44 bits per heavy atom. The van der Waals surface area contributed by atoms with E-state index in [1.54, 1.807) is 0 Å². The topological polar surface area (TPSA) is 29.5 Å². The standard InChI is InChI=1S/C15H19NO2/c17-15-3-1-2-14(15)12-4-6-13(7-5-12)16-8-10-18-11-9-16/h4-7,14H,1-3,8-11H2. The van der Waals surface area contributed by atoms with Crippen LogP contribution in [0.3, 0.4) is 0 Å². The molecule has 1 atom stereocenters. The Hall–Kier alpha value is -1.35. The van der Waals surface area contributed by atoms with Crippen molar-refractivity contribution < 1.29 is 9.53 Å². The highest BCUT2D eigenvalue weighted by molar-refractivity contribution is 5.87. The second kappa shape index (κ2) is 5.11. The lowest BCUT2D eigenvalue weighted by Gasteiger charge is -2.29. The second-order valence-corrected chi connectivity index (χ2v) is 5.10. The van der Waals surface area contributed by atoms with E-state index < -0.39 is 0 Å². The van der Waals surface area contributed by atoms with Gasteiger partial charge in [0.2, 0.25) is 0 Å². The lowest BCUT2D eigenvalue weighted by molar-refractivity contribution is -0.118. The van der Waals surface area contributed by atoms with E-state index in [4.69, 9.17) is 4.74 Å². The van der Waals surface area contributed by atoms with Gasteiger partial charge in [0, 0.05) is 31.1 Å². The van der Waals surface area contributed by atoms with Crippen LogP contribution in [0.15, 0.2) is 24.3 Å². The summed E-state index contributed by atoms with van der Waals surface area (Å²) in [6.45, 7) is 3.54. The Bertz CT molecular complexity index is 421. The van der Waals surface area contributed by atoms with Gasteiger partial charge in [-0.15, -0.1) is 0 Å². The van der Waals surface area contributed by atoms with Gasteiger partial charge in [0.25, 0.3) is 0 Å². The molecule has 1 aromatic carbocycles. The summed E-state index contributed by atoms with van der Waals surface area (Å²) in [4.78, 5) is 14.1. The maximum absolute atomic E-state index is 11.7. The molecule has 1 unspecified atom stereocenters. The maximum Gasteiger partial charge on any atom is 0.140 e. The lowest BCUT2D eigenvalue weighted by atomic mass is 9.96. The third-order valence-electron chi connectivity index (χ3n) is 3.98. The molecule has 96 valence electrons. The molecule has 0 N–H and O–H groups in total. The third kappa shape index (κ3) is 2.27. The van der Waals surface area contributed by atoms with Crippen LogP contribution in [0.25, 0.3) is 0 Å². The van der Waals surface area contributed by atoms with Gasteiger partial charge in [-0.2, -0.15) is 0 Å². The van der Waals surface area contributed by atoms with Crippen molar-refractivity contribution in [1.82, 2.24) is 0 Å². The Labute approximate surface area is 108 Å². The van der Waals surface area contributed by atoms with E-state index in [2.05, 4.69) is 29.2 Å². The van der Waals surface area contributed by atoms with Crippen LogP contribution >= 0.6 is 0 Å². The first-order valence-electron chi connectivity index (χ1n) is 6.80. The minimum Gasteiger partial charge on any atom is -0.378 e. The van der Waals surface area contributed by atoms with Gasteiger partial charge < -0.3 is 9.64 Å². The summed E-state index contributed by atoms with van der Waals surface area (Å²) in [5.41, 5.74) is 2.43. The van der Waals surface area contributed by atoms with Crippen molar-refractivity contribution in [3.8, 4) is 0 Å². The largest absolute Gasteiger partial charge is 0.378 e. The van der Waals surface area contributed by atoms with E-state index in [9.17, 15) is 4.79 Å². The minimum absolute atomic E-state index is 0.156. The number of ether oxygens (including phenoxy) is 1. The smallest absolute Gasteiger partial charge is 0.140 e. The summed E-state index contributed by atoms with van der Waals surface area (Å²) in [5.74, 6) is 0.567. The van der Waals surface area contributed by atoms with Crippen molar-refractivity contribution in [2.45, 2.75) is 25.2 Å². The molecule has 0 amide bonds. The molecule has 1 saturated heterocycles. The number of carbonyl (C=O) groups excluding carboxylic acids is 1. The molecule has 0 radical (unpaired) electrons. The van der Waals surface area contributed by atoms with E-state index in [0.717, 1.165) is 45.6 Å². The molecule has 1 aliphatic carbocycles. The molecule has 0 bridgehead atoms. The normalized spacial score (nSPS) is 24.6. The van der Waals surface area contributed by atoms with Crippen LogP contribution in [0.4, 0.5) is 5.69 Å². The fourth-order valence-electron chi connectivity index (χ4n) is 2.91. The highest BCUT2D eigenvalue weighted by atomic mass is 16.5. The van der Waals surface area contributed by atoms with E-state index in [-0.39, 0.29) is 5.92 Å². The summed E-state index contributed by atoms with van der Waals surface area (Å²) in [7, 11) is 0. The van der Waals surface area contributed by atoms with E-state index in [1.807, 2.05) is 0 Å². The molecule has 3 nitrogen and oxygen atoms in total. The van der Waals surface area contributed by atoms with Crippen molar-refractivity contribution in [2.75, 3.05) is 31.2 Å². The van der Waals surface area contributed by atoms with Crippen molar-refractivity contribution in [3.05, 3.63) is 29.8 Å². The first kappa shape index (κ1) is 11.7. The number of carbonyl (C=O) groups is 1. The number of nitrogens with zero attached hydrogens (tertiary/aromatic N) is 1. The molecule has 2 fully saturated rings. The molecule has 3 heteroatoms. The highest BCUT2D eigenvalue weighted by Crippen LogP contribution is 2.32. The fourth-order valence-corrected chi connectivity index (χ4v) is 2.91. The summed E-state index contributed by atoms with van der Waals surface area (Å²) >= 11 is 0. The van der Waals surface area contributed by atoms with E-state index in [0.29, 0.717) is 5.78 Å². The zero-order valence-electron chi connectivity index (χ0n) is 10.6. The van der Waals surface area contributed by atoms with Crippen LogP contribution < -0.4 is 4.90 Å². The van der Waals surface area contributed by atoms with Crippen molar-refractivity contribution >= 4 is 11.5 Å². The Kier molecular flexibility index (Phi) is 3.33. The van der Waals surface area contributed by atoms with Gasteiger partial charge in [-0.05, 0) is 30.5 Å². The summed E-state index contributed by atoms with van der Waals surface area (Å²) < 4.78 is 5.35. The van der Waals surface area contributed by atoms with Gasteiger partial charge in [0.1, 0.15) is 5.78 Å². The molecule has 1 aromatic rings. The number of benzene rings is 1. The Morgan fingerprint density at radius 1 is 1.11 bits per heavy atom. The van der Waals surface area contributed by atoms with Gasteiger partial charge in [-0.25, -0.2) is 0 Å². The maximum atomic E-state index is 11.7. The molecular weight excluding hydrogens is 226 g/mol. The number of rotatable bonds is 2. The molecule has 0 aromatic heterocycles. The number of hydrogen-bond donors (Lipinski definition) is 0. The minimum atomic E-state index is 0.156. The Balaban J connectivity index is 1.74. The first-order chi connectivity index (χ1) is 8.84. The molecule has 1 saturated carbocycles. The second-order valence-electron chi connectivity index (χ2n) is 5.10. The zero-order chi connectivity index (χ0) is 12.4. The van der Waals surface area contributed by atoms with Gasteiger partial charge >= 0.3 is 0 Å². The quantitative estimate of drug-likeness (QED) is 0.801. The Morgan fingerprint density at radius 2 is 1.83 bits per heavy atom. The van der Waals surface area contributed by atoms with Crippen LogP contribution in [0.5, 0.6) is 0 Å². The summed E-state index contributed by atoms with van der Waals surface area (Å²) in [6.07, 6.45) is 2.83. The van der Waals surface area contributed by atoms with E-state index >= 15 is 0 Å². The van der Waals surface area contributed by atoms with Crippen molar-refractivity contribution in [1.29, 1.82) is 0 Å². The van der Waals surface area contributed by atoms with Crippen LogP contribution in [-0.2, 0) is 9.53 Å². The van der Waals surface area contributed by atoms with Gasteiger partial charge in [-0.1, -0.05) is 12.1 Å². The van der Waals surface area contributed by atoms with E-state index in [1.165, 1.54) is 11.3 Å². The highest BCUT2D eigenvalue weighted by Gasteiger charge is 2.25. The predicted molar refractivity (Wildman–Crippen MR) is 71.1 cm³/mol. The number of ketones is 1. The molecule has 18 heavy (non-hydrogen) atoms. The van der Waals surface area contributed by atoms with Crippen molar-refractivity contribution in [2.24, 2.45) is 0 Å². The average Bonchev–Trinajstić information content (AvgIpc) is 2.86. The van der Waals surface area contributed by atoms with Crippen LogP contribution in [0, 0.1) is 0 Å². The number of anilines is 1. The SMILES string of the molecule is O=C1CCCC1c1ccc(N2CCOCC2)cc1. The van der Waals surface area contributed by atoms with Crippen molar-refractivity contribution in [3.63, 3.8) is 0 Å². The van der Waals surface area contributed by atoms with Gasteiger partial charge in [0.15, 0.2) is 0 Å². The predicted octanol–water partition coefficient (Wildman–Crippen LogP) is 2.36. The molecular formula is C15H19NO2. The number of hydrogen-bond acceptors (Lipinski definition) is 3. The van der Waals surface area contributed by atoms with Crippen LogP contribution in [0.2, 0.25) is 0 Å². The fraction of sp³-hybridized carbons (Fsp3) is 0.533. The molecule has 0 spiro atoms. The average molecular weight is 245 g/mol. The molecule has 1 aliphatic heterocycles. The monoisotopic (exact) mass is 245 g/mol. The third-order valence-corrected chi connectivity index (χ3v) is 3.98. The van der Waals surface area contributed by atoms with Crippen LogP contribution in [-0.4, -0.2) is 32.1 Å². The summed E-state index contributed by atoms with van der Waals surface area (Å²) in [5, 5.41) is 0. The first-order valence-corrected chi connectivity index (χ1v) is 6.80. The number of Topliss-reactive ketones (excluding diaryl/α,β-unsaturated/α-hetero) is 1. The van der Waals surface area contributed by atoms with Gasteiger partial charge in [0.05, 0.1) is 13.2 Å². The molecule has 1 heterocycles. The van der Waals surface area contributed by atoms with Crippen LogP contribution in [0.1, 0.15) is 30.7 Å². The molecule has 2 aliphatic rings. The van der Waals surface area contributed by atoms with Gasteiger partial charge in [-0.3, -0.25) is 4.79 Å². The lowest BCUT2D eigenvalue weighted by Crippen LogP contribution is -2.36. The summed E-state index contributed by atoms with van der Waals surface area (Å²) in [6, 6.07) is 8.54.